The van der Waals surface area contributed by atoms with Gasteiger partial charge in [0.25, 0.3) is 0 Å². The van der Waals surface area contributed by atoms with Crippen LogP contribution in [-0.4, -0.2) is 39.3 Å². The van der Waals surface area contributed by atoms with Gasteiger partial charge in [-0.1, -0.05) is 47.5 Å². The van der Waals surface area contributed by atoms with E-state index in [2.05, 4.69) is 15.5 Å². The minimum Gasteiger partial charge on any atom is -0.383 e. The van der Waals surface area contributed by atoms with Crippen molar-refractivity contribution in [3.05, 3.63) is 58.6 Å². The Morgan fingerprint density at radius 2 is 1.36 bits per heavy atom. The highest BCUT2D eigenvalue weighted by Gasteiger charge is 2.08. The molecule has 0 spiro atoms. The summed E-state index contributed by atoms with van der Waals surface area (Å²) in [5.41, 5.74) is 7.71. The third kappa shape index (κ3) is 11.0. The first-order valence-corrected chi connectivity index (χ1v) is 8.86. The number of nitrogens with zero attached hydrogens (tertiary/aromatic N) is 1. The molecule has 0 radical (unpaired) electrons. The Morgan fingerprint density at radius 3 is 1.96 bits per heavy atom. The Labute approximate surface area is 202 Å². The molecular weight excluding hydrogens is 485 g/mol. The van der Waals surface area contributed by atoms with E-state index in [9.17, 15) is 0 Å². The van der Waals surface area contributed by atoms with Crippen molar-refractivity contribution in [1.29, 1.82) is 0 Å². The van der Waals surface area contributed by atoms with Crippen molar-refractivity contribution in [1.82, 2.24) is 5.32 Å². The Morgan fingerprint density at radius 1 is 0.750 bits per heavy atom. The summed E-state index contributed by atoms with van der Waals surface area (Å²) < 4.78 is 0. The molecule has 0 aliphatic rings. The fourth-order valence-corrected chi connectivity index (χ4v) is 2.90. The number of hydrogen-bond acceptors (Lipinski definition) is 4. The second kappa shape index (κ2) is 18.7. The average Bonchev–Trinajstić information content (AvgIpc) is 2.59. The summed E-state index contributed by atoms with van der Waals surface area (Å²) in [5, 5.41) is 8.24. The van der Waals surface area contributed by atoms with Gasteiger partial charge in [0.15, 0.2) is 0 Å². The SMILES string of the molecule is Cl.Cl.Cl.Cl.NCCN(CCNCCNc1ccccc1Cl)c1ccccc1Cl. The largest absolute Gasteiger partial charge is 0.383 e. The van der Waals surface area contributed by atoms with Crippen LogP contribution in [0.4, 0.5) is 11.4 Å². The Kier molecular flexibility index (Phi) is 21.6. The topological polar surface area (TPSA) is 53.3 Å². The van der Waals surface area contributed by atoms with Crippen molar-refractivity contribution in [3.8, 4) is 0 Å². The quantitative estimate of drug-likeness (QED) is 0.385. The molecule has 2 aromatic rings. The van der Waals surface area contributed by atoms with Crippen LogP contribution >= 0.6 is 72.8 Å². The smallest absolute Gasteiger partial charge is 0.0639 e. The minimum atomic E-state index is 0. The molecule has 4 N–H and O–H groups in total. The Balaban J connectivity index is -0.00000156. The molecule has 0 atom stereocenters. The molecule has 162 valence electrons. The molecule has 0 heterocycles. The van der Waals surface area contributed by atoms with Crippen molar-refractivity contribution >= 4 is 84.2 Å². The molecule has 0 bridgehead atoms. The molecule has 2 aromatic carbocycles. The molecule has 0 aliphatic heterocycles. The van der Waals surface area contributed by atoms with Crippen LogP contribution in [0.3, 0.4) is 0 Å². The van der Waals surface area contributed by atoms with Crippen LogP contribution in [0.1, 0.15) is 0 Å². The van der Waals surface area contributed by atoms with E-state index < -0.39 is 0 Å². The molecular formula is C18H28Cl6N4. The van der Waals surface area contributed by atoms with Crippen molar-refractivity contribution in [2.45, 2.75) is 0 Å². The monoisotopic (exact) mass is 510 g/mol. The summed E-state index contributed by atoms with van der Waals surface area (Å²) in [6.45, 7) is 4.75. The van der Waals surface area contributed by atoms with E-state index in [4.69, 9.17) is 28.9 Å². The highest BCUT2D eigenvalue weighted by Crippen LogP contribution is 2.24. The maximum atomic E-state index is 6.27. The average molecular weight is 513 g/mol. The van der Waals surface area contributed by atoms with Gasteiger partial charge in [0.2, 0.25) is 0 Å². The lowest BCUT2D eigenvalue weighted by atomic mass is 10.2. The third-order valence-electron chi connectivity index (χ3n) is 3.64. The molecule has 0 fully saturated rings. The Bertz CT molecular complexity index is 633. The number of nitrogens with two attached hydrogens (primary N) is 1. The molecule has 28 heavy (non-hydrogen) atoms. The summed E-state index contributed by atoms with van der Waals surface area (Å²) in [6, 6.07) is 15.6. The summed E-state index contributed by atoms with van der Waals surface area (Å²) in [4.78, 5) is 2.21. The lowest BCUT2D eigenvalue weighted by Gasteiger charge is -2.25. The van der Waals surface area contributed by atoms with Gasteiger partial charge in [-0.15, -0.1) is 49.6 Å². The van der Waals surface area contributed by atoms with Crippen molar-refractivity contribution in [2.24, 2.45) is 5.73 Å². The van der Waals surface area contributed by atoms with Gasteiger partial charge in [0.1, 0.15) is 0 Å². The molecule has 4 nitrogen and oxygen atoms in total. The van der Waals surface area contributed by atoms with Gasteiger partial charge < -0.3 is 21.3 Å². The number of anilines is 2. The van der Waals surface area contributed by atoms with Crippen LogP contribution in [0.15, 0.2) is 48.5 Å². The number of halogens is 6. The number of benzene rings is 2. The van der Waals surface area contributed by atoms with E-state index in [0.29, 0.717) is 6.54 Å². The first kappa shape index (κ1) is 32.4. The first-order valence-electron chi connectivity index (χ1n) is 8.11. The van der Waals surface area contributed by atoms with Crippen molar-refractivity contribution in [3.63, 3.8) is 0 Å². The lowest BCUT2D eigenvalue weighted by Crippen LogP contribution is -2.37. The standard InChI is InChI=1S/C18H24Cl2N4.4ClH/c19-15-5-1-3-7-17(15)23-11-10-22-12-14-24(13-9-21)18-8-4-2-6-16(18)20;;;;/h1-8,22-23H,9-14,21H2;4*1H. The number of hydrogen-bond donors (Lipinski definition) is 3. The summed E-state index contributed by atoms with van der Waals surface area (Å²) in [5.74, 6) is 0. The van der Waals surface area contributed by atoms with Gasteiger partial charge in [-0.3, -0.25) is 0 Å². The fourth-order valence-electron chi connectivity index (χ4n) is 2.45. The van der Waals surface area contributed by atoms with Gasteiger partial charge in [0, 0.05) is 39.3 Å². The summed E-state index contributed by atoms with van der Waals surface area (Å²) >= 11 is 12.4. The van der Waals surface area contributed by atoms with E-state index in [0.717, 1.165) is 54.1 Å². The van der Waals surface area contributed by atoms with Crippen LogP contribution in [0.5, 0.6) is 0 Å². The highest BCUT2D eigenvalue weighted by atomic mass is 35.5. The van der Waals surface area contributed by atoms with Crippen LogP contribution in [-0.2, 0) is 0 Å². The Hall–Kier alpha value is -0.300. The van der Waals surface area contributed by atoms with Crippen LogP contribution in [0.2, 0.25) is 10.0 Å². The second-order valence-electron chi connectivity index (χ2n) is 5.38. The number of para-hydroxylation sites is 2. The zero-order valence-corrected chi connectivity index (χ0v) is 20.1. The third-order valence-corrected chi connectivity index (χ3v) is 4.29. The molecule has 0 saturated carbocycles. The summed E-state index contributed by atoms with van der Waals surface area (Å²) in [6.07, 6.45) is 0. The van der Waals surface area contributed by atoms with Crippen molar-refractivity contribution in [2.75, 3.05) is 49.5 Å². The minimum absolute atomic E-state index is 0. The number of rotatable bonds is 10. The van der Waals surface area contributed by atoms with Gasteiger partial charge in [0.05, 0.1) is 21.4 Å². The van der Waals surface area contributed by atoms with Gasteiger partial charge in [-0.2, -0.15) is 0 Å². The van der Waals surface area contributed by atoms with E-state index >= 15 is 0 Å². The predicted octanol–water partition coefficient (Wildman–Crippen LogP) is 5.15. The molecule has 0 aliphatic carbocycles. The van der Waals surface area contributed by atoms with Gasteiger partial charge in [-0.25, -0.2) is 0 Å². The van der Waals surface area contributed by atoms with Crippen LogP contribution in [0.25, 0.3) is 0 Å². The maximum absolute atomic E-state index is 6.27. The molecule has 0 amide bonds. The van der Waals surface area contributed by atoms with Crippen molar-refractivity contribution < 1.29 is 0 Å². The van der Waals surface area contributed by atoms with Gasteiger partial charge >= 0.3 is 0 Å². The zero-order valence-electron chi connectivity index (χ0n) is 15.3. The summed E-state index contributed by atoms with van der Waals surface area (Å²) in [7, 11) is 0. The van der Waals surface area contributed by atoms with Crippen LogP contribution in [0, 0.1) is 0 Å². The maximum Gasteiger partial charge on any atom is 0.0639 e. The first-order chi connectivity index (χ1) is 11.7. The molecule has 0 unspecified atom stereocenters. The van der Waals surface area contributed by atoms with E-state index in [1.807, 2.05) is 48.5 Å². The van der Waals surface area contributed by atoms with Crippen LogP contribution < -0.4 is 21.3 Å². The molecule has 2 rings (SSSR count). The lowest BCUT2D eigenvalue weighted by molar-refractivity contribution is 0.669. The molecule has 10 heteroatoms. The fraction of sp³-hybridized carbons (Fsp3) is 0.333. The van der Waals surface area contributed by atoms with E-state index in [1.54, 1.807) is 0 Å². The molecule has 0 aromatic heterocycles. The van der Waals surface area contributed by atoms with E-state index in [-0.39, 0.29) is 49.6 Å². The normalized spacial score (nSPS) is 9.11. The predicted molar refractivity (Wildman–Crippen MR) is 135 cm³/mol. The highest BCUT2D eigenvalue weighted by molar-refractivity contribution is 6.33. The van der Waals surface area contributed by atoms with Gasteiger partial charge in [-0.05, 0) is 24.3 Å². The number of nitrogens with one attached hydrogen (secondary N) is 2. The van der Waals surface area contributed by atoms with E-state index in [1.165, 1.54) is 0 Å². The zero-order chi connectivity index (χ0) is 17.2. The molecule has 0 saturated heterocycles. The second-order valence-corrected chi connectivity index (χ2v) is 6.20.